The Kier molecular flexibility index (Phi) is 5.76. The van der Waals surface area contributed by atoms with Crippen molar-refractivity contribution in [1.82, 2.24) is 4.90 Å². The minimum Gasteiger partial charge on any atom is -0.480 e. The average molecular weight is 293 g/mol. The first kappa shape index (κ1) is 17.0. The standard InChI is InChI=1S/C16H23NO4/c1-12(2)10-17(16(3,4)14(18)19)15(20)21-11-13-8-6-5-7-9-13/h5-9,12H,10-11H2,1-4H3,(H,18,19). The number of amides is 1. The van der Waals surface area contributed by atoms with Crippen molar-refractivity contribution in [2.24, 2.45) is 5.92 Å². The van der Waals surface area contributed by atoms with E-state index in [4.69, 9.17) is 4.74 Å². The third-order valence-corrected chi connectivity index (χ3v) is 3.17. The van der Waals surface area contributed by atoms with E-state index in [-0.39, 0.29) is 12.5 Å². The molecule has 5 nitrogen and oxygen atoms in total. The van der Waals surface area contributed by atoms with Crippen LogP contribution in [-0.4, -0.2) is 34.2 Å². The molecule has 0 atom stereocenters. The van der Waals surface area contributed by atoms with Crippen LogP contribution in [0.25, 0.3) is 0 Å². The highest BCUT2D eigenvalue weighted by molar-refractivity contribution is 5.83. The monoisotopic (exact) mass is 293 g/mol. The molecule has 0 radical (unpaired) electrons. The average Bonchev–Trinajstić information content (AvgIpc) is 2.42. The number of ether oxygens (including phenoxy) is 1. The molecule has 0 saturated carbocycles. The molecule has 0 saturated heterocycles. The van der Waals surface area contributed by atoms with Gasteiger partial charge in [0.2, 0.25) is 0 Å². The van der Waals surface area contributed by atoms with Gasteiger partial charge in [-0.15, -0.1) is 0 Å². The van der Waals surface area contributed by atoms with Gasteiger partial charge in [0, 0.05) is 6.54 Å². The van der Waals surface area contributed by atoms with E-state index in [9.17, 15) is 14.7 Å². The van der Waals surface area contributed by atoms with Crippen LogP contribution in [0.4, 0.5) is 4.79 Å². The highest BCUT2D eigenvalue weighted by Gasteiger charge is 2.39. The molecule has 1 aromatic carbocycles. The molecule has 0 aromatic heterocycles. The minimum absolute atomic E-state index is 0.129. The maximum atomic E-state index is 12.2. The summed E-state index contributed by atoms with van der Waals surface area (Å²) in [6.45, 7) is 7.31. The fourth-order valence-corrected chi connectivity index (χ4v) is 1.81. The maximum absolute atomic E-state index is 12.2. The SMILES string of the molecule is CC(C)CN(C(=O)OCc1ccccc1)C(C)(C)C(=O)O. The summed E-state index contributed by atoms with van der Waals surface area (Å²) in [5, 5.41) is 9.31. The fourth-order valence-electron chi connectivity index (χ4n) is 1.81. The van der Waals surface area contributed by atoms with Gasteiger partial charge in [-0.1, -0.05) is 44.2 Å². The van der Waals surface area contributed by atoms with Gasteiger partial charge < -0.3 is 9.84 Å². The van der Waals surface area contributed by atoms with Crippen molar-refractivity contribution < 1.29 is 19.4 Å². The van der Waals surface area contributed by atoms with Crippen LogP contribution >= 0.6 is 0 Å². The predicted molar refractivity (Wildman–Crippen MR) is 79.9 cm³/mol. The van der Waals surface area contributed by atoms with Crippen LogP contribution in [-0.2, 0) is 16.1 Å². The number of rotatable bonds is 6. The van der Waals surface area contributed by atoms with Gasteiger partial charge in [0.1, 0.15) is 12.1 Å². The molecule has 1 N–H and O–H groups in total. The summed E-state index contributed by atoms with van der Waals surface area (Å²) in [5.41, 5.74) is -0.443. The van der Waals surface area contributed by atoms with E-state index in [0.29, 0.717) is 6.54 Å². The van der Waals surface area contributed by atoms with Crippen LogP contribution < -0.4 is 0 Å². The number of carbonyl (C=O) groups is 2. The Bertz CT molecular complexity index is 482. The molecule has 0 unspecified atom stereocenters. The Balaban J connectivity index is 2.79. The number of carbonyl (C=O) groups excluding carboxylic acids is 1. The first-order valence-electron chi connectivity index (χ1n) is 6.97. The Morgan fingerprint density at radius 1 is 1.24 bits per heavy atom. The molecule has 0 heterocycles. The second-order valence-corrected chi connectivity index (χ2v) is 5.91. The van der Waals surface area contributed by atoms with Crippen LogP contribution in [0.3, 0.4) is 0 Å². The van der Waals surface area contributed by atoms with E-state index < -0.39 is 17.6 Å². The van der Waals surface area contributed by atoms with E-state index in [0.717, 1.165) is 5.56 Å². The predicted octanol–water partition coefficient (Wildman–Crippen LogP) is 3.14. The highest BCUT2D eigenvalue weighted by Crippen LogP contribution is 2.19. The van der Waals surface area contributed by atoms with E-state index >= 15 is 0 Å². The van der Waals surface area contributed by atoms with Gasteiger partial charge in [0.05, 0.1) is 0 Å². The molecular weight excluding hydrogens is 270 g/mol. The molecule has 1 amide bonds. The van der Waals surface area contributed by atoms with E-state index in [1.54, 1.807) is 0 Å². The zero-order chi connectivity index (χ0) is 16.0. The van der Waals surface area contributed by atoms with Gasteiger partial charge in [0.15, 0.2) is 0 Å². The summed E-state index contributed by atoms with van der Waals surface area (Å²) >= 11 is 0. The van der Waals surface area contributed by atoms with Crippen LogP contribution in [0.2, 0.25) is 0 Å². The summed E-state index contributed by atoms with van der Waals surface area (Å²) in [5.74, 6) is -0.910. The van der Waals surface area contributed by atoms with Crippen LogP contribution in [0, 0.1) is 5.92 Å². The second kappa shape index (κ2) is 7.11. The van der Waals surface area contributed by atoms with Gasteiger partial charge in [-0.3, -0.25) is 4.90 Å². The number of aliphatic carboxylic acids is 1. The summed E-state index contributed by atoms with van der Waals surface area (Å²) in [7, 11) is 0. The molecule has 0 aliphatic heterocycles. The van der Waals surface area contributed by atoms with Crippen molar-refractivity contribution in [1.29, 1.82) is 0 Å². The van der Waals surface area contributed by atoms with E-state index in [1.807, 2.05) is 44.2 Å². The lowest BCUT2D eigenvalue weighted by molar-refractivity contribution is -0.148. The summed E-state index contributed by atoms with van der Waals surface area (Å²) in [6.07, 6.45) is -0.611. The van der Waals surface area contributed by atoms with E-state index in [1.165, 1.54) is 18.7 Å². The van der Waals surface area contributed by atoms with Gasteiger partial charge in [-0.2, -0.15) is 0 Å². The Morgan fingerprint density at radius 2 is 1.81 bits per heavy atom. The van der Waals surface area contributed by atoms with Crippen LogP contribution in [0.5, 0.6) is 0 Å². The smallest absolute Gasteiger partial charge is 0.411 e. The summed E-state index contributed by atoms with van der Waals surface area (Å²) in [4.78, 5) is 24.9. The number of carboxylic acid groups (broad SMARTS) is 1. The first-order chi connectivity index (χ1) is 9.75. The number of nitrogens with zero attached hydrogens (tertiary/aromatic N) is 1. The molecule has 5 heteroatoms. The van der Waals surface area contributed by atoms with Crippen molar-refractivity contribution in [3.63, 3.8) is 0 Å². The largest absolute Gasteiger partial charge is 0.480 e. The highest BCUT2D eigenvalue weighted by atomic mass is 16.6. The molecule has 116 valence electrons. The van der Waals surface area contributed by atoms with Gasteiger partial charge >= 0.3 is 12.1 Å². The van der Waals surface area contributed by atoms with Crippen molar-refractivity contribution >= 4 is 12.1 Å². The van der Waals surface area contributed by atoms with Gasteiger partial charge in [-0.25, -0.2) is 9.59 Å². The summed E-state index contributed by atoms with van der Waals surface area (Å²) in [6, 6.07) is 9.29. The van der Waals surface area contributed by atoms with Crippen molar-refractivity contribution in [2.45, 2.75) is 39.8 Å². The Hall–Kier alpha value is -2.04. The Labute approximate surface area is 125 Å². The van der Waals surface area contributed by atoms with Gasteiger partial charge in [-0.05, 0) is 25.3 Å². The first-order valence-corrected chi connectivity index (χ1v) is 6.97. The lowest BCUT2D eigenvalue weighted by atomic mass is 10.0. The molecule has 0 aliphatic carbocycles. The van der Waals surface area contributed by atoms with Crippen molar-refractivity contribution in [3.8, 4) is 0 Å². The van der Waals surface area contributed by atoms with Crippen LogP contribution in [0.1, 0.15) is 33.3 Å². The lowest BCUT2D eigenvalue weighted by Crippen LogP contribution is -2.54. The topological polar surface area (TPSA) is 66.8 Å². The molecular formula is C16H23NO4. The minimum atomic E-state index is -1.31. The van der Waals surface area contributed by atoms with Crippen molar-refractivity contribution in [2.75, 3.05) is 6.54 Å². The van der Waals surface area contributed by atoms with Gasteiger partial charge in [0.25, 0.3) is 0 Å². The molecule has 0 bridgehead atoms. The molecule has 1 rings (SSSR count). The molecule has 0 aliphatic rings. The quantitative estimate of drug-likeness (QED) is 0.875. The molecule has 1 aromatic rings. The lowest BCUT2D eigenvalue weighted by Gasteiger charge is -2.35. The third kappa shape index (κ3) is 4.77. The molecule has 0 spiro atoms. The fraction of sp³-hybridized carbons (Fsp3) is 0.500. The Morgan fingerprint density at radius 3 is 2.29 bits per heavy atom. The number of hydrogen-bond donors (Lipinski definition) is 1. The zero-order valence-corrected chi connectivity index (χ0v) is 13.0. The second-order valence-electron chi connectivity index (χ2n) is 5.91. The van der Waals surface area contributed by atoms with E-state index in [2.05, 4.69) is 0 Å². The molecule has 21 heavy (non-hydrogen) atoms. The number of hydrogen-bond acceptors (Lipinski definition) is 3. The summed E-state index contributed by atoms with van der Waals surface area (Å²) < 4.78 is 5.25. The maximum Gasteiger partial charge on any atom is 0.411 e. The van der Waals surface area contributed by atoms with Crippen molar-refractivity contribution in [3.05, 3.63) is 35.9 Å². The zero-order valence-electron chi connectivity index (χ0n) is 13.0. The normalized spacial score (nSPS) is 11.3. The van der Waals surface area contributed by atoms with Crippen LogP contribution in [0.15, 0.2) is 30.3 Å². The molecule has 0 fully saturated rings. The third-order valence-electron chi connectivity index (χ3n) is 3.17. The number of carboxylic acids is 1. The number of benzene rings is 1.